The van der Waals surface area contributed by atoms with Gasteiger partial charge in [-0.15, -0.1) is 6.42 Å². The van der Waals surface area contributed by atoms with Crippen LogP contribution in [0.4, 0.5) is 4.39 Å². The molecule has 86 valence electrons. The van der Waals surface area contributed by atoms with E-state index in [9.17, 15) is 12.8 Å². The van der Waals surface area contributed by atoms with Crippen molar-refractivity contribution in [1.29, 1.82) is 0 Å². The highest BCUT2D eigenvalue weighted by molar-refractivity contribution is 7.89. The highest BCUT2D eigenvalue weighted by Gasteiger charge is 2.21. The largest absolute Gasteiger partial charge is 0.243 e. The van der Waals surface area contributed by atoms with Gasteiger partial charge in [0.1, 0.15) is 5.82 Å². The minimum absolute atomic E-state index is 0.0101. The van der Waals surface area contributed by atoms with Crippen LogP contribution in [0, 0.1) is 18.2 Å². The average molecular weight is 241 g/mol. The lowest BCUT2D eigenvalue weighted by Gasteiger charge is -2.17. The van der Waals surface area contributed by atoms with Crippen LogP contribution in [0.25, 0.3) is 0 Å². The Morgan fingerprint density at radius 3 is 2.38 bits per heavy atom. The van der Waals surface area contributed by atoms with Gasteiger partial charge in [0.25, 0.3) is 0 Å². The highest BCUT2D eigenvalue weighted by Crippen LogP contribution is 2.15. The van der Waals surface area contributed by atoms with E-state index in [0.29, 0.717) is 0 Å². The summed E-state index contributed by atoms with van der Waals surface area (Å²) in [5, 5.41) is 0. The van der Waals surface area contributed by atoms with Gasteiger partial charge in [0, 0.05) is 6.54 Å². The maximum atomic E-state index is 12.7. The number of hydrogen-bond acceptors (Lipinski definition) is 2. The van der Waals surface area contributed by atoms with E-state index in [-0.39, 0.29) is 18.0 Å². The van der Waals surface area contributed by atoms with E-state index in [2.05, 4.69) is 5.92 Å². The van der Waals surface area contributed by atoms with E-state index in [1.165, 1.54) is 12.1 Å². The number of hydrogen-bond donors (Lipinski definition) is 0. The molecule has 0 fully saturated rings. The molecule has 0 atom stereocenters. The average Bonchev–Trinajstić information content (AvgIpc) is 2.26. The summed E-state index contributed by atoms with van der Waals surface area (Å²) in [6.45, 7) is 1.98. The molecule has 0 aliphatic carbocycles. The van der Waals surface area contributed by atoms with Crippen LogP contribution < -0.4 is 0 Å². The van der Waals surface area contributed by atoms with Crippen LogP contribution in [0.2, 0.25) is 0 Å². The Hall–Kier alpha value is -1.38. The molecule has 0 N–H and O–H groups in total. The predicted octanol–water partition coefficient (Wildman–Crippen LogP) is 1.47. The Morgan fingerprint density at radius 1 is 1.38 bits per heavy atom. The van der Waals surface area contributed by atoms with E-state index in [4.69, 9.17) is 6.42 Å². The van der Waals surface area contributed by atoms with E-state index in [1.54, 1.807) is 6.92 Å². The molecule has 0 spiro atoms. The van der Waals surface area contributed by atoms with Crippen LogP contribution in [0.1, 0.15) is 6.92 Å². The first-order valence-corrected chi connectivity index (χ1v) is 6.15. The second-order valence-electron chi connectivity index (χ2n) is 3.09. The van der Waals surface area contributed by atoms with Crippen molar-refractivity contribution in [3.8, 4) is 12.3 Å². The van der Waals surface area contributed by atoms with Crippen molar-refractivity contribution in [2.75, 3.05) is 13.1 Å². The van der Waals surface area contributed by atoms with Crippen LogP contribution >= 0.6 is 0 Å². The Labute approximate surface area is 94.9 Å². The second-order valence-corrected chi connectivity index (χ2v) is 5.03. The van der Waals surface area contributed by atoms with Crippen LogP contribution in [0.15, 0.2) is 29.2 Å². The third-order valence-electron chi connectivity index (χ3n) is 2.07. The zero-order valence-corrected chi connectivity index (χ0v) is 9.67. The number of sulfonamides is 1. The van der Waals surface area contributed by atoms with Crippen molar-refractivity contribution >= 4 is 10.0 Å². The fourth-order valence-electron chi connectivity index (χ4n) is 1.22. The molecular weight excluding hydrogens is 229 g/mol. The van der Waals surface area contributed by atoms with Gasteiger partial charge in [0.05, 0.1) is 11.4 Å². The zero-order chi connectivity index (χ0) is 12.2. The summed E-state index contributed by atoms with van der Waals surface area (Å²) in [6, 6.07) is 4.67. The molecular formula is C11H12FNO2S. The van der Waals surface area contributed by atoms with Crippen LogP contribution in [-0.2, 0) is 10.0 Å². The van der Waals surface area contributed by atoms with Gasteiger partial charge >= 0.3 is 0 Å². The van der Waals surface area contributed by atoms with Gasteiger partial charge < -0.3 is 0 Å². The van der Waals surface area contributed by atoms with Crippen molar-refractivity contribution in [2.45, 2.75) is 11.8 Å². The van der Waals surface area contributed by atoms with Gasteiger partial charge in [-0.05, 0) is 24.3 Å². The maximum absolute atomic E-state index is 12.7. The van der Waals surface area contributed by atoms with Gasteiger partial charge in [-0.25, -0.2) is 12.8 Å². The first-order valence-electron chi connectivity index (χ1n) is 4.71. The molecule has 0 aliphatic heterocycles. The molecule has 1 aromatic rings. The molecule has 0 bridgehead atoms. The zero-order valence-electron chi connectivity index (χ0n) is 8.85. The van der Waals surface area contributed by atoms with Gasteiger partial charge in [0.2, 0.25) is 10.0 Å². The lowest BCUT2D eigenvalue weighted by molar-refractivity contribution is 0.464. The summed E-state index contributed by atoms with van der Waals surface area (Å²) >= 11 is 0. The van der Waals surface area contributed by atoms with Crippen molar-refractivity contribution < 1.29 is 12.8 Å². The Morgan fingerprint density at radius 2 is 1.94 bits per heavy atom. The second kappa shape index (κ2) is 5.10. The van der Waals surface area contributed by atoms with Crippen molar-refractivity contribution in [1.82, 2.24) is 4.31 Å². The first kappa shape index (κ1) is 12.7. The number of halogens is 1. The number of benzene rings is 1. The molecule has 0 aromatic heterocycles. The molecule has 0 unspecified atom stereocenters. The molecule has 0 amide bonds. The third kappa shape index (κ3) is 2.60. The van der Waals surface area contributed by atoms with E-state index < -0.39 is 15.8 Å². The van der Waals surface area contributed by atoms with Gasteiger partial charge in [-0.3, -0.25) is 0 Å². The van der Waals surface area contributed by atoms with Crippen molar-refractivity contribution in [2.24, 2.45) is 0 Å². The highest BCUT2D eigenvalue weighted by atomic mass is 32.2. The fraction of sp³-hybridized carbons (Fsp3) is 0.273. The molecule has 3 nitrogen and oxygen atoms in total. The van der Waals surface area contributed by atoms with Crippen LogP contribution in [0.5, 0.6) is 0 Å². The van der Waals surface area contributed by atoms with Crippen molar-refractivity contribution in [3.63, 3.8) is 0 Å². The lowest BCUT2D eigenvalue weighted by atomic mass is 10.4. The van der Waals surface area contributed by atoms with Crippen LogP contribution in [0.3, 0.4) is 0 Å². The molecule has 5 heteroatoms. The molecule has 0 saturated heterocycles. The smallest absolute Gasteiger partial charge is 0.207 e. The van der Waals surface area contributed by atoms with Gasteiger partial charge in [-0.2, -0.15) is 4.31 Å². The Bertz CT molecular complexity index is 488. The molecule has 0 heterocycles. The SMILES string of the molecule is C#CCN(CC)S(=O)(=O)c1ccc(F)cc1. The minimum Gasteiger partial charge on any atom is -0.207 e. The minimum atomic E-state index is -3.61. The molecule has 16 heavy (non-hydrogen) atoms. The fourth-order valence-corrected chi connectivity index (χ4v) is 2.59. The monoisotopic (exact) mass is 241 g/mol. The Kier molecular flexibility index (Phi) is 4.05. The Balaban J connectivity index is 3.10. The lowest BCUT2D eigenvalue weighted by Crippen LogP contribution is -2.31. The third-order valence-corrected chi connectivity index (χ3v) is 4.01. The first-order chi connectivity index (χ1) is 7.52. The maximum Gasteiger partial charge on any atom is 0.243 e. The standard InChI is InChI=1S/C11H12FNO2S/c1-3-9-13(4-2)16(14,15)11-7-5-10(12)6-8-11/h1,5-8H,4,9H2,2H3. The molecule has 0 aliphatic rings. The topological polar surface area (TPSA) is 37.4 Å². The summed E-state index contributed by atoms with van der Waals surface area (Å²) < 4.78 is 37.8. The van der Waals surface area contributed by atoms with Crippen molar-refractivity contribution in [3.05, 3.63) is 30.1 Å². The molecule has 1 aromatic carbocycles. The summed E-state index contributed by atoms with van der Waals surface area (Å²) in [5.41, 5.74) is 0. The van der Waals surface area contributed by atoms with Gasteiger partial charge in [0.15, 0.2) is 0 Å². The summed E-state index contributed by atoms with van der Waals surface area (Å²) in [7, 11) is -3.61. The van der Waals surface area contributed by atoms with Gasteiger partial charge in [-0.1, -0.05) is 12.8 Å². The molecule has 1 rings (SSSR count). The number of rotatable bonds is 4. The van der Waals surface area contributed by atoms with Crippen LogP contribution in [-0.4, -0.2) is 25.8 Å². The number of terminal acetylenes is 1. The normalized spacial score (nSPS) is 11.4. The summed E-state index contributed by atoms with van der Waals surface area (Å²) in [5.74, 6) is 1.81. The molecule has 0 saturated carbocycles. The number of nitrogens with zero attached hydrogens (tertiary/aromatic N) is 1. The molecule has 0 radical (unpaired) electrons. The van der Waals surface area contributed by atoms with E-state index in [1.807, 2.05) is 0 Å². The van der Waals surface area contributed by atoms with E-state index >= 15 is 0 Å². The van der Waals surface area contributed by atoms with E-state index in [0.717, 1.165) is 16.4 Å². The predicted molar refractivity (Wildman–Crippen MR) is 59.7 cm³/mol. The summed E-state index contributed by atoms with van der Waals surface area (Å²) in [4.78, 5) is 0.0472. The summed E-state index contributed by atoms with van der Waals surface area (Å²) in [6.07, 6.45) is 5.09. The quantitative estimate of drug-likeness (QED) is 0.749.